The molecule has 0 saturated carbocycles. The molecule has 20 heavy (non-hydrogen) atoms. The first-order valence-corrected chi connectivity index (χ1v) is 6.54. The Morgan fingerprint density at radius 2 is 2.20 bits per heavy atom. The number of nitrogens with one attached hydrogen (secondary N) is 2. The van der Waals surface area contributed by atoms with Crippen molar-refractivity contribution >= 4 is 16.8 Å². The van der Waals surface area contributed by atoms with Gasteiger partial charge in [-0.1, -0.05) is 18.2 Å². The first-order chi connectivity index (χ1) is 9.61. The van der Waals surface area contributed by atoms with Gasteiger partial charge < -0.3 is 26.5 Å². The highest BCUT2D eigenvalue weighted by molar-refractivity contribution is 5.86. The third kappa shape index (κ3) is 3.36. The van der Waals surface area contributed by atoms with Crippen molar-refractivity contribution in [2.24, 2.45) is 11.5 Å². The summed E-state index contributed by atoms with van der Waals surface area (Å²) in [6, 6.07) is 7.29. The Balaban J connectivity index is 2.00. The minimum Gasteiger partial charge on any atom is -0.361 e. The Hall–Kier alpha value is -1.89. The summed E-state index contributed by atoms with van der Waals surface area (Å²) in [6.45, 7) is 1.77. The summed E-state index contributed by atoms with van der Waals surface area (Å²) >= 11 is 0. The number of hydrogen-bond acceptors (Lipinski definition) is 4. The number of H-pyrrole nitrogens is 1. The number of ether oxygens (including phenoxy) is 1. The summed E-state index contributed by atoms with van der Waals surface area (Å²) in [7, 11) is 0. The van der Waals surface area contributed by atoms with E-state index >= 15 is 0 Å². The molecule has 1 heterocycles. The van der Waals surface area contributed by atoms with Gasteiger partial charge in [0.2, 0.25) is 5.91 Å². The normalized spacial score (nSPS) is 14.2. The minimum absolute atomic E-state index is 0.0547. The van der Waals surface area contributed by atoms with E-state index < -0.39 is 12.3 Å². The van der Waals surface area contributed by atoms with Crippen molar-refractivity contribution < 1.29 is 9.53 Å². The summed E-state index contributed by atoms with van der Waals surface area (Å²) in [5.74, 6) is -0.253. The van der Waals surface area contributed by atoms with Crippen molar-refractivity contribution in [1.82, 2.24) is 10.3 Å². The molecule has 2 rings (SSSR count). The Bertz CT molecular complexity index is 581. The number of aromatic nitrogens is 1. The van der Waals surface area contributed by atoms with Crippen LogP contribution in [0, 0.1) is 0 Å². The second-order valence-electron chi connectivity index (χ2n) is 4.65. The van der Waals surface area contributed by atoms with E-state index in [-0.39, 0.29) is 12.6 Å². The molecule has 2 aromatic rings. The molecular weight excluding hydrogens is 256 g/mol. The lowest BCUT2D eigenvalue weighted by atomic mass is 10.1. The van der Waals surface area contributed by atoms with E-state index in [9.17, 15) is 4.79 Å². The Labute approximate surface area is 117 Å². The first-order valence-electron chi connectivity index (χ1n) is 6.54. The van der Waals surface area contributed by atoms with Crippen LogP contribution in [0.3, 0.4) is 0 Å². The van der Waals surface area contributed by atoms with Crippen molar-refractivity contribution in [1.29, 1.82) is 0 Å². The van der Waals surface area contributed by atoms with Gasteiger partial charge in [0.15, 0.2) is 0 Å². The SMILES string of the molecule is CC(NC(=O)[C@@H](N)Cc1c[nH]c2ccccc12)OCN. The standard InChI is InChI=1S/C14H20N4O2/c1-9(20-8-15)18-14(19)12(16)6-10-7-17-13-5-3-2-4-11(10)13/h2-5,7,9,12,17H,6,8,15-16H2,1H3,(H,18,19)/t9?,12-/m0/s1. The number of carbonyl (C=O) groups is 1. The number of nitrogens with two attached hydrogens (primary N) is 2. The molecule has 1 aromatic heterocycles. The van der Waals surface area contributed by atoms with Gasteiger partial charge in [-0.05, 0) is 25.0 Å². The molecule has 108 valence electrons. The monoisotopic (exact) mass is 276 g/mol. The van der Waals surface area contributed by atoms with Gasteiger partial charge in [0, 0.05) is 17.1 Å². The molecule has 2 atom stereocenters. The van der Waals surface area contributed by atoms with Crippen LogP contribution in [0.25, 0.3) is 10.9 Å². The van der Waals surface area contributed by atoms with Crippen LogP contribution >= 0.6 is 0 Å². The number of para-hydroxylation sites is 1. The summed E-state index contributed by atoms with van der Waals surface area (Å²) in [4.78, 5) is 15.1. The molecule has 0 bridgehead atoms. The zero-order valence-corrected chi connectivity index (χ0v) is 11.4. The summed E-state index contributed by atoms with van der Waals surface area (Å²) in [5.41, 5.74) is 13.2. The largest absolute Gasteiger partial charge is 0.361 e. The molecule has 6 heteroatoms. The zero-order valence-electron chi connectivity index (χ0n) is 11.4. The van der Waals surface area contributed by atoms with E-state index in [0.29, 0.717) is 6.42 Å². The van der Waals surface area contributed by atoms with Gasteiger partial charge >= 0.3 is 0 Å². The molecule has 0 aliphatic rings. The van der Waals surface area contributed by atoms with E-state index in [4.69, 9.17) is 16.2 Å². The molecular formula is C14H20N4O2. The molecule has 0 aliphatic carbocycles. The lowest BCUT2D eigenvalue weighted by Crippen LogP contribution is -2.46. The van der Waals surface area contributed by atoms with E-state index in [1.54, 1.807) is 6.92 Å². The fraction of sp³-hybridized carbons (Fsp3) is 0.357. The number of aromatic amines is 1. The zero-order chi connectivity index (χ0) is 14.5. The highest BCUT2D eigenvalue weighted by Crippen LogP contribution is 2.18. The van der Waals surface area contributed by atoms with Crippen molar-refractivity contribution in [3.63, 3.8) is 0 Å². The molecule has 0 spiro atoms. The molecule has 6 N–H and O–H groups in total. The predicted octanol–water partition coefficient (Wildman–Crippen LogP) is 0.433. The van der Waals surface area contributed by atoms with E-state index in [2.05, 4.69) is 10.3 Å². The van der Waals surface area contributed by atoms with Crippen molar-refractivity contribution in [3.8, 4) is 0 Å². The van der Waals surface area contributed by atoms with Gasteiger partial charge in [0.05, 0.1) is 12.8 Å². The van der Waals surface area contributed by atoms with Gasteiger partial charge in [-0.15, -0.1) is 0 Å². The van der Waals surface area contributed by atoms with Crippen molar-refractivity contribution in [2.75, 3.05) is 6.73 Å². The Morgan fingerprint density at radius 3 is 2.95 bits per heavy atom. The highest BCUT2D eigenvalue weighted by Gasteiger charge is 2.17. The first kappa shape index (κ1) is 14.5. The molecule has 0 fully saturated rings. The van der Waals surface area contributed by atoms with Gasteiger partial charge in [-0.2, -0.15) is 0 Å². The topological polar surface area (TPSA) is 106 Å². The van der Waals surface area contributed by atoms with Crippen LogP contribution in [-0.2, 0) is 16.0 Å². The number of rotatable bonds is 6. The van der Waals surface area contributed by atoms with Crippen LogP contribution in [0.4, 0.5) is 0 Å². The average molecular weight is 276 g/mol. The third-order valence-electron chi connectivity index (χ3n) is 3.14. The maximum atomic E-state index is 11.9. The van der Waals surface area contributed by atoms with Crippen LogP contribution in [0.5, 0.6) is 0 Å². The number of carbonyl (C=O) groups excluding carboxylic acids is 1. The Kier molecular flexibility index (Phi) is 4.73. The molecule has 0 aliphatic heterocycles. The molecule has 6 nitrogen and oxygen atoms in total. The lowest BCUT2D eigenvalue weighted by Gasteiger charge is -2.17. The number of amides is 1. The van der Waals surface area contributed by atoms with E-state index in [0.717, 1.165) is 16.5 Å². The van der Waals surface area contributed by atoms with Gasteiger partial charge in [0.25, 0.3) is 0 Å². The van der Waals surface area contributed by atoms with Crippen molar-refractivity contribution in [3.05, 3.63) is 36.0 Å². The van der Waals surface area contributed by atoms with E-state index in [1.165, 1.54) is 0 Å². The smallest absolute Gasteiger partial charge is 0.239 e. The fourth-order valence-corrected chi connectivity index (χ4v) is 2.12. The predicted molar refractivity (Wildman–Crippen MR) is 77.7 cm³/mol. The van der Waals surface area contributed by atoms with Crippen LogP contribution in [0.1, 0.15) is 12.5 Å². The number of hydrogen-bond donors (Lipinski definition) is 4. The van der Waals surface area contributed by atoms with Gasteiger partial charge in [0.1, 0.15) is 6.23 Å². The fourth-order valence-electron chi connectivity index (χ4n) is 2.12. The third-order valence-corrected chi connectivity index (χ3v) is 3.14. The van der Waals surface area contributed by atoms with Crippen molar-refractivity contribution in [2.45, 2.75) is 25.6 Å². The second-order valence-corrected chi connectivity index (χ2v) is 4.65. The summed E-state index contributed by atoms with van der Waals surface area (Å²) in [6.07, 6.45) is 1.91. The van der Waals surface area contributed by atoms with Crippen LogP contribution in [0.2, 0.25) is 0 Å². The second kappa shape index (κ2) is 6.51. The molecule has 0 saturated heterocycles. The summed E-state index contributed by atoms with van der Waals surface area (Å²) < 4.78 is 5.05. The van der Waals surface area contributed by atoms with E-state index in [1.807, 2.05) is 30.5 Å². The quantitative estimate of drug-likeness (QED) is 0.574. The maximum Gasteiger partial charge on any atom is 0.239 e. The number of fused-ring (bicyclic) bond motifs is 1. The lowest BCUT2D eigenvalue weighted by molar-refractivity contribution is -0.126. The Morgan fingerprint density at radius 1 is 1.45 bits per heavy atom. The number of benzene rings is 1. The van der Waals surface area contributed by atoms with Crippen LogP contribution in [-0.4, -0.2) is 29.9 Å². The summed E-state index contributed by atoms with van der Waals surface area (Å²) in [5, 5.41) is 3.75. The average Bonchev–Trinajstić information content (AvgIpc) is 2.82. The minimum atomic E-state index is -0.627. The van der Waals surface area contributed by atoms with Crippen LogP contribution < -0.4 is 16.8 Å². The highest BCUT2D eigenvalue weighted by atomic mass is 16.5. The maximum absolute atomic E-state index is 11.9. The molecule has 0 radical (unpaired) electrons. The molecule has 1 unspecified atom stereocenters. The van der Waals surface area contributed by atoms with Crippen LogP contribution in [0.15, 0.2) is 30.5 Å². The van der Waals surface area contributed by atoms with Gasteiger partial charge in [-0.25, -0.2) is 0 Å². The molecule has 1 aromatic carbocycles. The van der Waals surface area contributed by atoms with Gasteiger partial charge in [-0.3, -0.25) is 4.79 Å². The molecule has 1 amide bonds.